The fourth-order valence-electron chi connectivity index (χ4n) is 3.27. The molecule has 3 rings (SSSR count). The minimum atomic E-state index is -0.408. The van der Waals surface area contributed by atoms with Crippen molar-refractivity contribution in [2.45, 2.75) is 45.1 Å². The number of nitro groups is 1. The molecule has 0 saturated heterocycles. The molecular weight excluding hydrogens is 318 g/mol. The number of nitrogens with one attached hydrogen (secondary N) is 1. The van der Waals surface area contributed by atoms with E-state index < -0.39 is 4.92 Å². The van der Waals surface area contributed by atoms with E-state index in [0.717, 1.165) is 18.5 Å². The number of aromatic nitrogens is 2. The van der Waals surface area contributed by atoms with Crippen LogP contribution in [0, 0.1) is 17.0 Å². The summed E-state index contributed by atoms with van der Waals surface area (Å²) < 4.78 is 0. The van der Waals surface area contributed by atoms with E-state index in [0.29, 0.717) is 23.5 Å². The van der Waals surface area contributed by atoms with Gasteiger partial charge in [0.2, 0.25) is 11.8 Å². The van der Waals surface area contributed by atoms with E-state index in [1.807, 2.05) is 30.3 Å². The molecule has 1 aromatic carbocycles. The number of hydrogen-bond donors (Lipinski definition) is 1. The van der Waals surface area contributed by atoms with Crippen LogP contribution in [0.15, 0.2) is 30.3 Å². The predicted octanol–water partition coefficient (Wildman–Crippen LogP) is 4.21. The number of para-hydroxylation sites is 1. The summed E-state index contributed by atoms with van der Waals surface area (Å²) in [5.74, 6) is 0.773. The zero-order valence-corrected chi connectivity index (χ0v) is 14.6. The molecule has 25 heavy (non-hydrogen) atoms. The Bertz CT molecular complexity index is 745. The van der Waals surface area contributed by atoms with Crippen molar-refractivity contribution >= 4 is 23.1 Å². The molecule has 0 bridgehead atoms. The summed E-state index contributed by atoms with van der Waals surface area (Å²) in [4.78, 5) is 21.7. The van der Waals surface area contributed by atoms with Crippen LogP contribution in [0.2, 0.25) is 0 Å². The summed E-state index contributed by atoms with van der Waals surface area (Å²) in [7, 11) is 1.79. The monoisotopic (exact) mass is 341 g/mol. The summed E-state index contributed by atoms with van der Waals surface area (Å²) in [6, 6.07) is 9.84. The number of benzene rings is 1. The molecule has 2 aromatic rings. The molecule has 1 N–H and O–H groups in total. The molecule has 0 spiro atoms. The van der Waals surface area contributed by atoms with Crippen LogP contribution >= 0.6 is 0 Å². The first-order valence-corrected chi connectivity index (χ1v) is 8.64. The van der Waals surface area contributed by atoms with E-state index in [2.05, 4.69) is 15.3 Å². The highest BCUT2D eigenvalue weighted by molar-refractivity contribution is 5.70. The normalized spacial score (nSPS) is 15.0. The lowest BCUT2D eigenvalue weighted by Gasteiger charge is -2.24. The third kappa shape index (κ3) is 3.87. The highest BCUT2D eigenvalue weighted by Gasteiger charge is 2.26. The van der Waals surface area contributed by atoms with Gasteiger partial charge in [-0.25, -0.2) is 4.98 Å². The van der Waals surface area contributed by atoms with Crippen molar-refractivity contribution in [1.29, 1.82) is 0 Å². The average Bonchev–Trinajstić information content (AvgIpc) is 2.62. The molecule has 1 aliphatic carbocycles. The maximum Gasteiger partial charge on any atom is 0.333 e. The Labute approximate surface area is 147 Å². The molecule has 0 unspecified atom stereocenters. The first-order valence-electron chi connectivity index (χ1n) is 8.64. The minimum absolute atomic E-state index is 0.0550. The highest BCUT2D eigenvalue weighted by atomic mass is 16.6. The Morgan fingerprint density at radius 3 is 2.48 bits per heavy atom. The topological polar surface area (TPSA) is 84.2 Å². The van der Waals surface area contributed by atoms with Crippen molar-refractivity contribution in [2.75, 3.05) is 17.3 Å². The van der Waals surface area contributed by atoms with Gasteiger partial charge in [0.25, 0.3) is 0 Å². The Balaban J connectivity index is 1.97. The lowest BCUT2D eigenvalue weighted by atomic mass is 9.96. The number of hydrogen-bond acceptors (Lipinski definition) is 6. The van der Waals surface area contributed by atoms with Gasteiger partial charge in [-0.15, -0.1) is 0 Å². The standard InChI is InChI=1S/C18H23N5O2/c1-13-16(23(24)25)17(22(2)15-11-7-4-8-12-15)21-18(19-13)20-14-9-5-3-6-10-14/h4,7-8,11-12,14H,3,5-6,9-10H2,1-2H3,(H,19,20,21). The lowest BCUT2D eigenvalue weighted by molar-refractivity contribution is -0.385. The molecule has 7 heteroatoms. The van der Waals surface area contributed by atoms with Crippen LogP contribution in [0.4, 0.5) is 23.1 Å². The van der Waals surface area contributed by atoms with Gasteiger partial charge in [0.15, 0.2) is 0 Å². The van der Waals surface area contributed by atoms with Gasteiger partial charge in [-0.1, -0.05) is 37.5 Å². The molecule has 7 nitrogen and oxygen atoms in total. The van der Waals surface area contributed by atoms with E-state index in [-0.39, 0.29) is 5.69 Å². The van der Waals surface area contributed by atoms with Gasteiger partial charge in [-0.05, 0) is 31.9 Å². The van der Waals surface area contributed by atoms with E-state index in [1.165, 1.54) is 19.3 Å². The predicted molar refractivity (Wildman–Crippen MR) is 98.4 cm³/mol. The van der Waals surface area contributed by atoms with Crippen molar-refractivity contribution in [3.05, 3.63) is 46.1 Å². The SMILES string of the molecule is Cc1nc(NC2CCCCC2)nc(N(C)c2ccccc2)c1[N+](=O)[O-]. The summed E-state index contributed by atoms with van der Waals surface area (Å²) >= 11 is 0. The largest absolute Gasteiger partial charge is 0.351 e. The second kappa shape index (κ2) is 7.46. The molecule has 1 fully saturated rings. The number of anilines is 3. The summed E-state index contributed by atoms with van der Waals surface area (Å²) in [6.07, 6.45) is 5.83. The van der Waals surface area contributed by atoms with Crippen molar-refractivity contribution < 1.29 is 4.92 Å². The molecule has 1 aliphatic rings. The van der Waals surface area contributed by atoms with Gasteiger partial charge in [0, 0.05) is 18.8 Å². The lowest BCUT2D eigenvalue weighted by Crippen LogP contribution is -2.24. The fourth-order valence-corrected chi connectivity index (χ4v) is 3.27. The van der Waals surface area contributed by atoms with E-state index in [9.17, 15) is 10.1 Å². The van der Waals surface area contributed by atoms with Crippen LogP contribution in [0.5, 0.6) is 0 Å². The molecular formula is C18H23N5O2. The van der Waals surface area contributed by atoms with Crippen LogP contribution < -0.4 is 10.2 Å². The van der Waals surface area contributed by atoms with Crippen LogP contribution in [-0.2, 0) is 0 Å². The summed E-state index contributed by atoms with van der Waals surface area (Å²) in [5, 5.41) is 14.9. The fraction of sp³-hybridized carbons (Fsp3) is 0.444. The molecule has 0 aliphatic heterocycles. The molecule has 1 saturated carbocycles. The average molecular weight is 341 g/mol. The molecule has 0 atom stereocenters. The van der Waals surface area contributed by atoms with Crippen LogP contribution in [-0.4, -0.2) is 28.0 Å². The summed E-state index contributed by atoms with van der Waals surface area (Å²) in [5.41, 5.74) is 1.16. The van der Waals surface area contributed by atoms with E-state index >= 15 is 0 Å². The van der Waals surface area contributed by atoms with Gasteiger partial charge >= 0.3 is 5.69 Å². The van der Waals surface area contributed by atoms with Gasteiger partial charge < -0.3 is 10.2 Å². The third-order valence-corrected chi connectivity index (χ3v) is 4.62. The Hall–Kier alpha value is -2.70. The zero-order chi connectivity index (χ0) is 17.8. The van der Waals surface area contributed by atoms with Gasteiger partial charge in [0.1, 0.15) is 5.69 Å². The molecule has 132 valence electrons. The third-order valence-electron chi connectivity index (χ3n) is 4.62. The first kappa shape index (κ1) is 17.1. The molecule has 0 radical (unpaired) electrons. The van der Waals surface area contributed by atoms with Crippen LogP contribution in [0.25, 0.3) is 0 Å². The number of aryl methyl sites for hydroxylation is 1. The quantitative estimate of drug-likeness (QED) is 0.648. The Kier molecular flexibility index (Phi) is 5.11. The van der Waals surface area contributed by atoms with Crippen LogP contribution in [0.1, 0.15) is 37.8 Å². The van der Waals surface area contributed by atoms with Crippen molar-refractivity contribution in [3.63, 3.8) is 0 Å². The molecule has 1 heterocycles. The smallest absolute Gasteiger partial charge is 0.333 e. The van der Waals surface area contributed by atoms with E-state index in [4.69, 9.17) is 0 Å². The van der Waals surface area contributed by atoms with Gasteiger partial charge in [-0.3, -0.25) is 10.1 Å². The second-order valence-corrected chi connectivity index (χ2v) is 6.44. The zero-order valence-electron chi connectivity index (χ0n) is 14.6. The Morgan fingerprint density at radius 2 is 1.84 bits per heavy atom. The van der Waals surface area contributed by atoms with Crippen LogP contribution in [0.3, 0.4) is 0 Å². The minimum Gasteiger partial charge on any atom is -0.351 e. The van der Waals surface area contributed by atoms with Crippen molar-refractivity contribution in [2.24, 2.45) is 0 Å². The molecule has 0 amide bonds. The second-order valence-electron chi connectivity index (χ2n) is 6.44. The summed E-state index contributed by atoms with van der Waals surface area (Å²) in [6.45, 7) is 1.66. The van der Waals surface area contributed by atoms with Gasteiger partial charge in [0.05, 0.1) is 4.92 Å². The molecule has 1 aromatic heterocycles. The van der Waals surface area contributed by atoms with Crippen molar-refractivity contribution in [1.82, 2.24) is 9.97 Å². The maximum atomic E-state index is 11.6. The Morgan fingerprint density at radius 1 is 1.16 bits per heavy atom. The first-order chi connectivity index (χ1) is 12.1. The number of nitrogens with zero attached hydrogens (tertiary/aromatic N) is 4. The van der Waals surface area contributed by atoms with E-state index in [1.54, 1.807) is 18.9 Å². The van der Waals surface area contributed by atoms with Gasteiger partial charge in [-0.2, -0.15) is 4.98 Å². The maximum absolute atomic E-state index is 11.6. The van der Waals surface area contributed by atoms with Crippen molar-refractivity contribution in [3.8, 4) is 0 Å². The number of rotatable bonds is 5. The highest BCUT2D eigenvalue weighted by Crippen LogP contribution is 2.33.